The molecule has 5 rings (SSSR count). The van der Waals surface area contributed by atoms with Crippen molar-refractivity contribution in [3.05, 3.63) is 75.3 Å². The van der Waals surface area contributed by atoms with Crippen LogP contribution in [0.25, 0.3) is 0 Å². The van der Waals surface area contributed by atoms with E-state index < -0.39 is 46.6 Å². The molecule has 3 aliphatic rings. The fraction of sp³-hybridized carbons (Fsp3) is 0.217. The maximum Gasteiger partial charge on any atom is 0.269 e. The Morgan fingerprint density at radius 1 is 1.12 bits per heavy atom. The van der Waals surface area contributed by atoms with Gasteiger partial charge in [-0.25, -0.2) is 4.90 Å². The second kappa shape index (κ2) is 8.07. The molecule has 2 saturated heterocycles. The molecular weight excluding hydrogens is 462 g/mol. The number of carbonyl (C=O) groups is 3. The molecule has 2 aromatic rings. The van der Waals surface area contributed by atoms with Crippen molar-refractivity contribution in [2.24, 2.45) is 16.9 Å². The minimum Gasteiger partial charge on any atom is -0.324 e. The highest BCUT2D eigenvalue weighted by atomic mass is 35.5. The van der Waals surface area contributed by atoms with E-state index in [-0.39, 0.29) is 11.4 Å². The lowest BCUT2D eigenvalue weighted by molar-refractivity contribution is -0.384. The van der Waals surface area contributed by atoms with Crippen molar-refractivity contribution in [1.29, 1.82) is 0 Å². The summed E-state index contributed by atoms with van der Waals surface area (Å²) >= 11 is 5.92. The smallest absolute Gasteiger partial charge is 0.269 e. The van der Waals surface area contributed by atoms with Crippen molar-refractivity contribution in [3.8, 4) is 0 Å². The van der Waals surface area contributed by atoms with Gasteiger partial charge in [0.1, 0.15) is 6.04 Å². The van der Waals surface area contributed by atoms with Crippen molar-refractivity contribution in [2.45, 2.75) is 19.0 Å². The molecule has 2 fully saturated rings. The summed E-state index contributed by atoms with van der Waals surface area (Å²) in [5, 5.41) is 20.2. The third-order valence-electron chi connectivity index (χ3n) is 6.30. The number of nitrogens with zero attached hydrogens (tertiary/aromatic N) is 4. The fourth-order valence-electron chi connectivity index (χ4n) is 4.83. The maximum atomic E-state index is 13.6. The van der Waals surface area contributed by atoms with Crippen LogP contribution in [-0.2, 0) is 14.4 Å². The largest absolute Gasteiger partial charge is 0.324 e. The summed E-state index contributed by atoms with van der Waals surface area (Å²) in [5.41, 5.74) is 1.02. The summed E-state index contributed by atoms with van der Waals surface area (Å²) in [4.78, 5) is 52.0. The van der Waals surface area contributed by atoms with Crippen LogP contribution in [0.4, 0.5) is 17.1 Å². The van der Waals surface area contributed by atoms with E-state index in [1.54, 1.807) is 43.3 Å². The Balaban J connectivity index is 1.51. The number of fused-ring (bicyclic) bond motifs is 3. The van der Waals surface area contributed by atoms with Gasteiger partial charge in [-0.2, -0.15) is 5.10 Å². The summed E-state index contributed by atoms with van der Waals surface area (Å²) in [6, 6.07) is 8.88. The van der Waals surface area contributed by atoms with Crippen LogP contribution in [0.5, 0.6) is 0 Å². The first kappa shape index (κ1) is 21.8. The molecule has 0 aliphatic carbocycles. The quantitative estimate of drug-likeness (QED) is 0.408. The predicted molar refractivity (Wildman–Crippen MR) is 124 cm³/mol. The lowest BCUT2D eigenvalue weighted by Crippen LogP contribution is -2.47. The van der Waals surface area contributed by atoms with Crippen molar-refractivity contribution >= 4 is 52.6 Å². The number of halogens is 1. The van der Waals surface area contributed by atoms with Gasteiger partial charge in [0.15, 0.2) is 0 Å². The molecule has 11 heteroatoms. The van der Waals surface area contributed by atoms with E-state index in [0.29, 0.717) is 16.3 Å². The van der Waals surface area contributed by atoms with Crippen LogP contribution in [0.3, 0.4) is 0 Å². The van der Waals surface area contributed by atoms with Crippen molar-refractivity contribution in [1.82, 2.24) is 5.01 Å². The zero-order valence-corrected chi connectivity index (χ0v) is 18.5. The van der Waals surface area contributed by atoms with Gasteiger partial charge in [-0.05, 0) is 48.9 Å². The topological polar surface area (TPSA) is 125 Å². The Labute approximate surface area is 198 Å². The van der Waals surface area contributed by atoms with Crippen LogP contribution in [0.1, 0.15) is 5.56 Å². The Bertz CT molecular complexity index is 1290. The van der Waals surface area contributed by atoms with Gasteiger partial charge in [0.2, 0.25) is 17.7 Å². The van der Waals surface area contributed by atoms with Crippen molar-refractivity contribution < 1.29 is 19.3 Å². The summed E-state index contributed by atoms with van der Waals surface area (Å²) < 4.78 is 0. The number of hydrogen-bond donors (Lipinski definition) is 1. The zero-order valence-electron chi connectivity index (χ0n) is 17.8. The first-order valence-electron chi connectivity index (χ1n) is 10.5. The molecular formula is C23H18ClN5O5. The molecule has 10 nitrogen and oxygen atoms in total. The Hall–Kier alpha value is -4.05. The number of amides is 3. The van der Waals surface area contributed by atoms with Crippen LogP contribution in [0.15, 0.2) is 59.7 Å². The first-order valence-corrected chi connectivity index (χ1v) is 10.8. The molecule has 2 aromatic carbocycles. The van der Waals surface area contributed by atoms with E-state index in [1.165, 1.54) is 29.4 Å². The fourth-order valence-corrected chi connectivity index (χ4v) is 4.95. The highest BCUT2D eigenvalue weighted by molar-refractivity contribution is 6.30. The van der Waals surface area contributed by atoms with Gasteiger partial charge in [-0.3, -0.25) is 29.5 Å². The van der Waals surface area contributed by atoms with Crippen molar-refractivity contribution in [2.75, 3.05) is 10.2 Å². The average molecular weight is 480 g/mol. The Kier molecular flexibility index (Phi) is 5.17. The molecule has 172 valence electrons. The van der Waals surface area contributed by atoms with Crippen LogP contribution < -0.4 is 10.2 Å². The molecule has 3 heterocycles. The van der Waals surface area contributed by atoms with Gasteiger partial charge in [0.05, 0.1) is 28.5 Å². The van der Waals surface area contributed by atoms with Gasteiger partial charge in [0.25, 0.3) is 5.69 Å². The number of hydrazone groups is 1. The monoisotopic (exact) mass is 479 g/mol. The third-order valence-corrected chi connectivity index (χ3v) is 6.56. The number of imide groups is 1. The minimum atomic E-state index is -1.02. The van der Waals surface area contributed by atoms with Crippen LogP contribution in [-0.4, -0.2) is 46.0 Å². The number of carbonyl (C=O) groups excluding carboxylic acids is 3. The molecule has 34 heavy (non-hydrogen) atoms. The molecule has 4 atom stereocenters. The number of allylic oxidation sites excluding steroid dienone is 1. The molecule has 1 N–H and O–H groups in total. The minimum absolute atomic E-state index is 0.142. The van der Waals surface area contributed by atoms with E-state index in [9.17, 15) is 24.5 Å². The predicted octanol–water partition coefficient (Wildman–Crippen LogP) is 2.91. The summed E-state index contributed by atoms with van der Waals surface area (Å²) in [6.07, 6.45) is 4.93. The number of nitro benzene ring substituents is 1. The molecule has 0 saturated carbocycles. The molecule has 0 bridgehead atoms. The van der Waals surface area contributed by atoms with Gasteiger partial charge in [-0.15, -0.1) is 0 Å². The normalized spacial score (nSPS) is 24.9. The molecule has 0 spiro atoms. The number of anilines is 2. The van der Waals surface area contributed by atoms with E-state index in [0.717, 1.165) is 4.90 Å². The van der Waals surface area contributed by atoms with E-state index >= 15 is 0 Å². The second-order valence-electron chi connectivity index (χ2n) is 8.25. The molecule has 0 unspecified atom stereocenters. The van der Waals surface area contributed by atoms with Gasteiger partial charge in [0, 0.05) is 29.1 Å². The highest BCUT2D eigenvalue weighted by Gasteiger charge is 2.64. The number of nitrogens with one attached hydrogen (secondary N) is 1. The summed E-state index contributed by atoms with van der Waals surface area (Å²) in [7, 11) is 0. The number of hydrogen-bond acceptors (Lipinski definition) is 7. The van der Waals surface area contributed by atoms with Crippen LogP contribution in [0.2, 0.25) is 5.02 Å². The Morgan fingerprint density at radius 2 is 1.82 bits per heavy atom. The van der Waals surface area contributed by atoms with E-state index in [1.807, 2.05) is 0 Å². The van der Waals surface area contributed by atoms with E-state index in [2.05, 4.69) is 10.4 Å². The maximum absolute atomic E-state index is 13.6. The number of non-ortho nitro benzene ring substituents is 1. The van der Waals surface area contributed by atoms with Crippen LogP contribution >= 0.6 is 11.6 Å². The molecule has 3 amide bonds. The van der Waals surface area contributed by atoms with Gasteiger partial charge >= 0.3 is 0 Å². The lowest BCUT2D eigenvalue weighted by Gasteiger charge is -2.30. The number of aryl methyl sites for hydroxylation is 1. The Morgan fingerprint density at radius 3 is 2.50 bits per heavy atom. The molecule has 0 radical (unpaired) electrons. The third kappa shape index (κ3) is 3.34. The highest BCUT2D eigenvalue weighted by Crippen LogP contribution is 2.46. The van der Waals surface area contributed by atoms with Crippen molar-refractivity contribution in [3.63, 3.8) is 0 Å². The van der Waals surface area contributed by atoms with Crippen LogP contribution in [0, 0.1) is 28.9 Å². The first-order chi connectivity index (χ1) is 16.3. The average Bonchev–Trinajstić information content (AvgIpc) is 3.28. The molecule has 0 aromatic heterocycles. The number of nitro groups is 1. The van der Waals surface area contributed by atoms with Gasteiger partial charge in [-0.1, -0.05) is 17.7 Å². The van der Waals surface area contributed by atoms with Gasteiger partial charge < -0.3 is 5.32 Å². The second-order valence-corrected chi connectivity index (χ2v) is 8.69. The molecule has 3 aliphatic heterocycles. The van der Waals surface area contributed by atoms with E-state index in [4.69, 9.17) is 11.6 Å². The zero-order chi connectivity index (χ0) is 24.1. The SMILES string of the molecule is Cc1cc([N+](=O)[O-])ccc1N1C(=O)[C@@H]2[C@@H](C1=O)[C@@H](C(=O)Nc1ccc(Cl)cc1)N1N=CC=C[C@H]21. The lowest BCUT2D eigenvalue weighted by atomic mass is 9.88. The summed E-state index contributed by atoms with van der Waals surface area (Å²) in [6.45, 7) is 1.60. The standard InChI is InChI=1S/C23H18ClN5O5/c1-12-11-15(29(33)34)8-9-16(12)27-22(31)18-17-3-2-10-25-28(17)20(19(18)23(27)32)21(30)26-14-6-4-13(24)5-7-14/h2-11,17-20H,1H3,(H,26,30)/t17-,18+,19-,20+/m1/s1. The number of benzene rings is 2. The number of rotatable bonds is 4. The summed E-state index contributed by atoms with van der Waals surface area (Å²) in [5.74, 6) is -3.28.